The molecule has 0 radical (unpaired) electrons. The Bertz CT molecular complexity index is 1280. The third kappa shape index (κ3) is 4.79. The van der Waals surface area contributed by atoms with E-state index in [4.69, 9.17) is 0 Å². The van der Waals surface area contributed by atoms with Crippen molar-refractivity contribution < 1.29 is 19.2 Å². The van der Waals surface area contributed by atoms with E-state index in [0.717, 1.165) is 86.9 Å². The van der Waals surface area contributed by atoms with Crippen molar-refractivity contribution in [2.24, 2.45) is 69.0 Å². The first-order valence-electron chi connectivity index (χ1n) is 19.2. The lowest BCUT2D eigenvalue weighted by atomic mass is 9.46. The zero-order chi connectivity index (χ0) is 32.8. The molecule has 0 saturated heterocycles. The van der Waals surface area contributed by atoms with Crippen LogP contribution in [0.3, 0.4) is 0 Å². The minimum atomic E-state index is 0.245. The summed E-state index contributed by atoms with van der Waals surface area (Å²) in [6.45, 7) is 13.3. The zero-order valence-electron chi connectivity index (χ0n) is 29.7. The van der Waals surface area contributed by atoms with Gasteiger partial charge in [0.25, 0.3) is 0 Å². The van der Waals surface area contributed by atoms with Crippen LogP contribution in [0.1, 0.15) is 144 Å². The van der Waals surface area contributed by atoms with Crippen LogP contribution in [-0.4, -0.2) is 23.1 Å². The fourth-order valence-electron chi connectivity index (χ4n) is 14.5. The second-order valence-corrected chi connectivity index (χ2v) is 18.5. The zero-order valence-corrected chi connectivity index (χ0v) is 29.7. The van der Waals surface area contributed by atoms with E-state index >= 15 is 0 Å². The average molecular weight is 629 g/mol. The Balaban J connectivity index is 0.000000147. The Morgan fingerprint density at radius 1 is 0.522 bits per heavy atom. The Morgan fingerprint density at radius 3 is 1.28 bits per heavy atom. The van der Waals surface area contributed by atoms with E-state index in [1.54, 1.807) is 13.8 Å². The van der Waals surface area contributed by atoms with E-state index in [0.29, 0.717) is 35.0 Å². The SMILES string of the molecule is CC(=O)[C@H]1CC[C@H]2[C@@H]3CCC4=CC(=O)CC[C@]4(C)[C@H]3CC[C@]12C.CC(=O)[C@H]1CC[C@H]2[C@@H]3CCC4=CC(=O)CC[C@]4(C)[C@H]3CC[C@]12C. The molecule has 0 amide bonds. The highest BCUT2D eigenvalue weighted by Crippen LogP contribution is 2.68. The normalized spacial score (nSPS) is 49.0. The molecule has 8 rings (SSSR count). The minimum absolute atomic E-state index is 0.245. The highest BCUT2D eigenvalue weighted by atomic mass is 16.1. The molecule has 0 N–H and O–H groups in total. The third-order valence-corrected chi connectivity index (χ3v) is 16.9. The van der Waals surface area contributed by atoms with Gasteiger partial charge in [0, 0.05) is 24.7 Å². The molecule has 4 nitrogen and oxygen atoms in total. The number of rotatable bonds is 2. The molecule has 6 fully saturated rings. The maximum absolute atomic E-state index is 12.1. The van der Waals surface area contributed by atoms with Gasteiger partial charge in [0.15, 0.2) is 11.6 Å². The Labute approximate surface area is 278 Å². The third-order valence-electron chi connectivity index (χ3n) is 16.9. The molecule has 0 spiro atoms. The van der Waals surface area contributed by atoms with Crippen molar-refractivity contribution >= 4 is 23.1 Å². The average Bonchev–Trinajstić information content (AvgIpc) is 3.55. The summed E-state index contributed by atoms with van der Waals surface area (Å²) in [7, 11) is 0. The van der Waals surface area contributed by atoms with Gasteiger partial charge < -0.3 is 0 Å². The molecule has 0 unspecified atom stereocenters. The molecule has 8 aliphatic carbocycles. The van der Waals surface area contributed by atoms with Crippen molar-refractivity contribution in [1.82, 2.24) is 0 Å². The van der Waals surface area contributed by atoms with Crippen LogP contribution in [0.2, 0.25) is 0 Å². The van der Waals surface area contributed by atoms with Crippen LogP contribution in [0.5, 0.6) is 0 Å². The fourth-order valence-corrected chi connectivity index (χ4v) is 14.5. The summed E-state index contributed by atoms with van der Waals surface area (Å²) < 4.78 is 0. The van der Waals surface area contributed by atoms with Gasteiger partial charge in [-0.2, -0.15) is 0 Å². The molecule has 8 aliphatic rings. The molecule has 0 aromatic rings. The van der Waals surface area contributed by atoms with E-state index in [2.05, 4.69) is 27.7 Å². The number of carbonyl (C=O) groups is 4. The number of hydrogen-bond donors (Lipinski definition) is 0. The molecule has 0 aromatic carbocycles. The predicted octanol–water partition coefficient (Wildman–Crippen LogP) is 9.45. The molecule has 4 heteroatoms. The summed E-state index contributed by atoms with van der Waals surface area (Å²) in [6, 6.07) is 0. The van der Waals surface area contributed by atoms with Gasteiger partial charge >= 0.3 is 0 Å². The van der Waals surface area contributed by atoms with Gasteiger partial charge in [-0.05, 0) is 173 Å². The van der Waals surface area contributed by atoms with Crippen LogP contribution in [0.4, 0.5) is 0 Å². The number of ketones is 4. The number of allylic oxidation sites excluding steroid dienone is 2. The Hall–Kier alpha value is -1.84. The van der Waals surface area contributed by atoms with Gasteiger partial charge in [-0.15, -0.1) is 0 Å². The van der Waals surface area contributed by atoms with Crippen molar-refractivity contribution in [3.63, 3.8) is 0 Å². The molecular formula is C42H60O4. The summed E-state index contributed by atoms with van der Waals surface area (Å²) >= 11 is 0. The maximum atomic E-state index is 12.1. The highest BCUT2D eigenvalue weighted by Gasteiger charge is 2.61. The van der Waals surface area contributed by atoms with Crippen molar-refractivity contribution in [1.29, 1.82) is 0 Å². The van der Waals surface area contributed by atoms with Crippen molar-refractivity contribution in [2.45, 2.75) is 144 Å². The summed E-state index contributed by atoms with van der Waals surface area (Å²) in [5.74, 6) is 6.58. The maximum Gasteiger partial charge on any atom is 0.155 e. The van der Waals surface area contributed by atoms with E-state index in [1.165, 1.54) is 62.5 Å². The highest BCUT2D eigenvalue weighted by molar-refractivity contribution is 5.92. The quantitative estimate of drug-likeness (QED) is 0.305. The summed E-state index contributed by atoms with van der Waals surface area (Å²) in [4.78, 5) is 48.0. The van der Waals surface area contributed by atoms with Crippen molar-refractivity contribution in [3.05, 3.63) is 23.3 Å². The second-order valence-electron chi connectivity index (χ2n) is 18.5. The molecule has 0 aromatic heterocycles. The van der Waals surface area contributed by atoms with Crippen molar-refractivity contribution in [2.75, 3.05) is 0 Å². The minimum Gasteiger partial charge on any atom is -0.300 e. The lowest BCUT2D eigenvalue weighted by molar-refractivity contribution is -0.129. The summed E-state index contributed by atoms with van der Waals surface area (Å²) in [5.41, 5.74) is 3.89. The molecular weight excluding hydrogens is 568 g/mol. The number of fused-ring (bicyclic) bond motifs is 10. The van der Waals surface area contributed by atoms with Crippen LogP contribution in [0, 0.1) is 69.0 Å². The Morgan fingerprint density at radius 2 is 0.913 bits per heavy atom. The standard InChI is InChI=1S/2C21H30O2/c2*1-13(22)17-6-7-18-16-5-4-14-12-15(23)8-10-20(14,2)19(16)9-11-21(17,18)3/h2*12,16-19H,4-11H2,1-3H3/t2*16-,17+,18-,19-,20-,21+/m00/s1. The first kappa shape index (κ1) is 32.7. The van der Waals surface area contributed by atoms with Gasteiger partial charge in [0.1, 0.15) is 11.6 Å². The number of carbonyl (C=O) groups excluding carboxylic acids is 4. The van der Waals surface area contributed by atoms with Crippen molar-refractivity contribution in [3.8, 4) is 0 Å². The molecule has 252 valence electrons. The molecule has 12 atom stereocenters. The molecule has 46 heavy (non-hydrogen) atoms. The molecule has 6 saturated carbocycles. The lowest BCUT2D eigenvalue weighted by Gasteiger charge is -2.58. The van der Waals surface area contributed by atoms with Gasteiger partial charge in [-0.25, -0.2) is 0 Å². The van der Waals surface area contributed by atoms with Crippen LogP contribution in [0.25, 0.3) is 0 Å². The van der Waals surface area contributed by atoms with Gasteiger partial charge in [-0.1, -0.05) is 38.8 Å². The summed E-state index contributed by atoms with van der Waals surface area (Å²) in [6.07, 6.45) is 21.9. The smallest absolute Gasteiger partial charge is 0.155 e. The predicted molar refractivity (Wildman–Crippen MR) is 182 cm³/mol. The monoisotopic (exact) mass is 628 g/mol. The van der Waals surface area contributed by atoms with E-state index in [1.807, 2.05) is 12.2 Å². The molecule has 0 heterocycles. The van der Waals surface area contributed by atoms with Crippen LogP contribution < -0.4 is 0 Å². The van der Waals surface area contributed by atoms with E-state index in [9.17, 15) is 19.2 Å². The molecule has 0 aliphatic heterocycles. The lowest BCUT2D eigenvalue weighted by Crippen LogP contribution is -2.51. The molecule has 0 bridgehead atoms. The van der Waals surface area contributed by atoms with Crippen LogP contribution in [0.15, 0.2) is 23.3 Å². The topological polar surface area (TPSA) is 68.3 Å². The fraction of sp³-hybridized carbons (Fsp3) is 0.810. The summed E-state index contributed by atoms with van der Waals surface area (Å²) in [5, 5.41) is 0. The van der Waals surface area contributed by atoms with E-state index < -0.39 is 0 Å². The first-order chi connectivity index (χ1) is 21.7. The van der Waals surface area contributed by atoms with Gasteiger partial charge in [0.05, 0.1) is 0 Å². The van der Waals surface area contributed by atoms with Crippen LogP contribution >= 0.6 is 0 Å². The number of hydrogen-bond acceptors (Lipinski definition) is 4. The largest absolute Gasteiger partial charge is 0.300 e. The van der Waals surface area contributed by atoms with E-state index in [-0.39, 0.29) is 21.7 Å². The van der Waals surface area contributed by atoms with Crippen LogP contribution in [-0.2, 0) is 19.2 Å². The number of Topliss-reactive ketones (excluding diaryl/α,β-unsaturated/α-hetero) is 2. The van der Waals surface area contributed by atoms with Gasteiger partial charge in [-0.3, -0.25) is 19.2 Å². The Kier molecular flexibility index (Phi) is 8.08. The first-order valence-corrected chi connectivity index (χ1v) is 19.2. The van der Waals surface area contributed by atoms with Gasteiger partial charge in [0.2, 0.25) is 0 Å². The second kappa shape index (κ2) is 11.4.